The van der Waals surface area contributed by atoms with E-state index >= 15 is 0 Å². The van der Waals surface area contributed by atoms with Crippen LogP contribution in [0.25, 0.3) is 0 Å². The van der Waals surface area contributed by atoms with Gasteiger partial charge in [0.25, 0.3) is 0 Å². The van der Waals surface area contributed by atoms with Crippen molar-refractivity contribution < 1.29 is 4.79 Å². The summed E-state index contributed by atoms with van der Waals surface area (Å²) in [7, 11) is 0. The van der Waals surface area contributed by atoms with Crippen LogP contribution in [0.5, 0.6) is 0 Å². The molecular formula is C15H28N4O. The van der Waals surface area contributed by atoms with Crippen molar-refractivity contribution in [2.75, 3.05) is 45.8 Å². The van der Waals surface area contributed by atoms with E-state index in [2.05, 4.69) is 15.5 Å². The molecule has 0 bridgehead atoms. The molecule has 5 heteroatoms. The number of carbonyl (C=O) groups is 1. The number of rotatable bonds is 4. The number of urea groups is 1. The van der Waals surface area contributed by atoms with E-state index in [9.17, 15) is 4.79 Å². The minimum absolute atomic E-state index is 0.147. The number of nitrogens with one attached hydrogen (secondary N) is 2. The van der Waals surface area contributed by atoms with Crippen molar-refractivity contribution >= 4 is 6.03 Å². The summed E-state index contributed by atoms with van der Waals surface area (Å²) in [6.07, 6.45) is 6.54. The summed E-state index contributed by atoms with van der Waals surface area (Å²) in [6, 6.07) is 0.840. The van der Waals surface area contributed by atoms with E-state index in [-0.39, 0.29) is 6.03 Å². The third kappa shape index (κ3) is 3.44. The van der Waals surface area contributed by atoms with Gasteiger partial charge in [-0.3, -0.25) is 4.90 Å². The van der Waals surface area contributed by atoms with Gasteiger partial charge in [0, 0.05) is 45.3 Å². The van der Waals surface area contributed by atoms with Crippen LogP contribution in [0, 0.1) is 5.92 Å². The van der Waals surface area contributed by atoms with Crippen LogP contribution < -0.4 is 10.6 Å². The molecule has 0 aromatic carbocycles. The van der Waals surface area contributed by atoms with Crippen LogP contribution in [0.15, 0.2) is 0 Å². The molecule has 0 aromatic heterocycles. The van der Waals surface area contributed by atoms with Crippen LogP contribution in [0.2, 0.25) is 0 Å². The Labute approximate surface area is 122 Å². The molecule has 1 atom stereocenters. The molecule has 2 amide bonds. The zero-order valence-electron chi connectivity index (χ0n) is 12.4. The summed E-state index contributed by atoms with van der Waals surface area (Å²) in [6.45, 7) is 6.94. The van der Waals surface area contributed by atoms with E-state index in [4.69, 9.17) is 0 Å². The highest BCUT2D eigenvalue weighted by Gasteiger charge is 2.27. The highest BCUT2D eigenvalue weighted by Crippen LogP contribution is 2.28. The second-order valence-electron chi connectivity index (χ2n) is 6.49. The molecule has 0 radical (unpaired) electrons. The van der Waals surface area contributed by atoms with Crippen molar-refractivity contribution in [1.29, 1.82) is 0 Å². The molecule has 0 spiro atoms. The fourth-order valence-corrected chi connectivity index (χ4v) is 3.52. The second-order valence-corrected chi connectivity index (χ2v) is 6.49. The summed E-state index contributed by atoms with van der Waals surface area (Å²) in [5.74, 6) is 0.877. The first-order valence-electron chi connectivity index (χ1n) is 8.30. The molecule has 2 aliphatic heterocycles. The van der Waals surface area contributed by atoms with Gasteiger partial charge < -0.3 is 15.5 Å². The topological polar surface area (TPSA) is 47.6 Å². The second kappa shape index (κ2) is 6.76. The van der Waals surface area contributed by atoms with Crippen LogP contribution in [0.3, 0.4) is 0 Å². The molecular weight excluding hydrogens is 252 g/mol. The van der Waals surface area contributed by atoms with Crippen molar-refractivity contribution in [3.63, 3.8) is 0 Å². The molecule has 1 unspecified atom stereocenters. The predicted octanol–water partition coefficient (Wildman–Crippen LogP) is 0.866. The standard InChI is InChI=1S/C15H28N4O/c20-15(17-7-4-13-2-1-3-13)19-10-8-18(9-11-19)14-5-6-16-12-14/h13-14,16H,1-12H2,(H,17,20). The number of hydrogen-bond acceptors (Lipinski definition) is 3. The maximum atomic E-state index is 12.1. The molecule has 2 N–H and O–H groups in total. The zero-order valence-corrected chi connectivity index (χ0v) is 12.4. The van der Waals surface area contributed by atoms with E-state index in [0.29, 0.717) is 6.04 Å². The Kier molecular flexibility index (Phi) is 4.78. The molecule has 3 rings (SSSR count). The van der Waals surface area contributed by atoms with Gasteiger partial charge in [-0.05, 0) is 25.3 Å². The Morgan fingerprint density at radius 3 is 2.55 bits per heavy atom. The highest BCUT2D eigenvalue weighted by molar-refractivity contribution is 5.74. The van der Waals surface area contributed by atoms with Gasteiger partial charge in [0.05, 0.1) is 0 Å². The summed E-state index contributed by atoms with van der Waals surface area (Å²) < 4.78 is 0. The fourth-order valence-electron chi connectivity index (χ4n) is 3.52. The molecule has 0 aromatic rings. The molecule has 2 saturated heterocycles. The van der Waals surface area contributed by atoms with Gasteiger partial charge in [-0.1, -0.05) is 19.3 Å². The van der Waals surface area contributed by atoms with Gasteiger partial charge >= 0.3 is 6.03 Å². The lowest BCUT2D eigenvalue weighted by Crippen LogP contribution is -2.54. The first kappa shape index (κ1) is 14.1. The van der Waals surface area contributed by atoms with Crippen LogP contribution >= 0.6 is 0 Å². The maximum absolute atomic E-state index is 12.1. The Hall–Kier alpha value is -0.810. The summed E-state index contributed by atoms with van der Waals surface area (Å²) >= 11 is 0. The molecule has 2 heterocycles. The Morgan fingerprint density at radius 1 is 1.15 bits per heavy atom. The molecule has 3 fully saturated rings. The van der Waals surface area contributed by atoms with Crippen LogP contribution in [0.4, 0.5) is 4.79 Å². The van der Waals surface area contributed by atoms with Gasteiger partial charge in [-0.25, -0.2) is 4.79 Å². The third-order valence-corrected chi connectivity index (χ3v) is 5.21. The first-order valence-corrected chi connectivity index (χ1v) is 8.30. The van der Waals surface area contributed by atoms with Crippen LogP contribution in [0.1, 0.15) is 32.1 Å². The van der Waals surface area contributed by atoms with Crippen LogP contribution in [-0.2, 0) is 0 Å². The largest absolute Gasteiger partial charge is 0.338 e. The SMILES string of the molecule is O=C(NCCC1CCC1)N1CCN(C2CCNC2)CC1. The van der Waals surface area contributed by atoms with Crippen molar-refractivity contribution in [2.45, 2.75) is 38.1 Å². The highest BCUT2D eigenvalue weighted by atomic mass is 16.2. The lowest BCUT2D eigenvalue weighted by atomic mass is 9.83. The number of piperazine rings is 1. The van der Waals surface area contributed by atoms with Crippen molar-refractivity contribution in [3.05, 3.63) is 0 Å². The average Bonchev–Trinajstić information content (AvgIpc) is 2.95. The van der Waals surface area contributed by atoms with Crippen LogP contribution in [-0.4, -0.2) is 67.7 Å². The van der Waals surface area contributed by atoms with E-state index in [1.807, 2.05) is 4.90 Å². The quantitative estimate of drug-likeness (QED) is 0.803. The molecule has 1 saturated carbocycles. The Bertz CT molecular complexity index is 318. The fraction of sp³-hybridized carbons (Fsp3) is 0.933. The summed E-state index contributed by atoms with van der Waals surface area (Å²) in [4.78, 5) is 16.6. The lowest BCUT2D eigenvalue weighted by molar-refractivity contribution is 0.113. The average molecular weight is 280 g/mol. The van der Waals surface area contributed by atoms with Gasteiger partial charge in [-0.15, -0.1) is 0 Å². The first-order chi connectivity index (χ1) is 9.83. The van der Waals surface area contributed by atoms with E-state index < -0.39 is 0 Å². The molecule has 20 heavy (non-hydrogen) atoms. The lowest BCUT2D eigenvalue weighted by Gasteiger charge is -2.37. The van der Waals surface area contributed by atoms with Crippen molar-refractivity contribution in [3.8, 4) is 0 Å². The van der Waals surface area contributed by atoms with Crippen molar-refractivity contribution in [2.24, 2.45) is 5.92 Å². The minimum Gasteiger partial charge on any atom is -0.338 e. The monoisotopic (exact) mass is 280 g/mol. The van der Waals surface area contributed by atoms with E-state index in [0.717, 1.165) is 51.7 Å². The molecule has 1 aliphatic carbocycles. The number of nitrogens with zero attached hydrogens (tertiary/aromatic N) is 2. The summed E-state index contributed by atoms with van der Waals surface area (Å²) in [5, 5.41) is 6.51. The molecule has 114 valence electrons. The van der Waals surface area contributed by atoms with E-state index in [1.165, 1.54) is 32.1 Å². The third-order valence-electron chi connectivity index (χ3n) is 5.21. The summed E-state index contributed by atoms with van der Waals surface area (Å²) in [5.41, 5.74) is 0. The van der Waals surface area contributed by atoms with Crippen molar-refractivity contribution in [1.82, 2.24) is 20.4 Å². The smallest absolute Gasteiger partial charge is 0.317 e. The Balaban J connectivity index is 1.33. The number of hydrogen-bond donors (Lipinski definition) is 2. The van der Waals surface area contributed by atoms with Gasteiger partial charge in [0.2, 0.25) is 0 Å². The Morgan fingerprint density at radius 2 is 1.95 bits per heavy atom. The minimum atomic E-state index is 0.147. The number of carbonyl (C=O) groups excluding carboxylic acids is 1. The normalized spacial score (nSPS) is 28.4. The van der Waals surface area contributed by atoms with Gasteiger partial charge in [0.15, 0.2) is 0 Å². The van der Waals surface area contributed by atoms with Gasteiger partial charge in [0.1, 0.15) is 0 Å². The zero-order chi connectivity index (χ0) is 13.8. The molecule has 3 aliphatic rings. The number of amides is 2. The maximum Gasteiger partial charge on any atom is 0.317 e. The molecule has 5 nitrogen and oxygen atoms in total. The van der Waals surface area contributed by atoms with E-state index in [1.54, 1.807) is 0 Å². The van der Waals surface area contributed by atoms with Gasteiger partial charge in [-0.2, -0.15) is 0 Å². The predicted molar refractivity (Wildman–Crippen MR) is 79.8 cm³/mol.